The molecule has 1 heterocycles. The third-order valence-corrected chi connectivity index (χ3v) is 3.86. The molecular formula is C16H25N. The van der Waals surface area contributed by atoms with Crippen molar-refractivity contribution in [1.82, 2.24) is 5.32 Å². The van der Waals surface area contributed by atoms with Crippen molar-refractivity contribution in [3.05, 3.63) is 35.4 Å². The fraction of sp³-hybridized carbons (Fsp3) is 0.625. The van der Waals surface area contributed by atoms with Gasteiger partial charge >= 0.3 is 0 Å². The number of hydrogen-bond donors (Lipinski definition) is 1. The molecule has 0 radical (unpaired) electrons. The Morgan fingerprint density at radius 3 is 2.18 bits per heavy atom. The van der Waals surface area contributed by atoms with Gasteiger partial charge in [-0.2, -0.15) is 0 Å². The molecule has 0 aromatic heterocycles. The minimum absolute atomic E-state index is 0.951. The zero-order valence-corrected chi connectivity index (χ0v) is 11.0. The first-order valence-electron chi connectivity index (χ1n) is 7.17. The fourth-order valence-corrected chi connectivity index (χ4v) is 2.70. The largest absolute Gasteiger partial charge is 0.317 e. The zero-order valence-electron chi connectivity index (χ0n) is 11.0. The Balaban J connectivity index is 1.77. The van der Waals surface area contributed by atoms with Crippen LogP contribution in [0.2, 0.25) is 0 Å². The molecule has 0 atom stereocenters. The monoisotopic (exact) mass is 231 g/mol. The highest BCUT2D eigenvalue weighted by molar-refractivity contribution is 5.22. The molecule has 1 aliphatic heterocycles. The Labute approximate surface area is 106 Å². The van der Waals surface area contributed by atoms with Crippen LogP contribution in [0, 0.1) is 5.92 Å². The van der Waals surface area contributed by atoms with Crippen molar-refractivity contribution in [2.45, 2.75) is 45.4 Å². The lowest BCUT2D eigenvalue weighted by atomic mass is 9.91. The van der Waals surface area contributed by atoms with E-state index in [4.69, 9.17) is 0 Å². The molecule has 1 N–H and O–H groups in total. The van der Waals surface area contributed by atoms with E-state index >= 15 is 0 Å². The standard InChI is InChI=1S/C16H25N/c1-2-3-14-4-6-15(7-5-14)8-9-16-10-12-17-13-11-16/h4-7,16-17H,2-3,8-13H2,1H3. The van der Waals surface area contributed by atoms with Crippen molar-refractivity contribution >= 4 is 0 Å². The summed E-state index contributed by atoms with van der Waals surface area (Å²) in [5, 5.41) is 3.43. The molecule has 1 aromatic rings. The van der Waals surface area contributed by atoms with E-state index in [0.29, 0.717) is 0 Å². The van der Waals surface area contributed by atoms with Crippen LogP contribution >= 0.6 is 0 Å². The highest BCUT2D eigenvalue weighted by Gasteiger charge is 2.12. The summed E-state index contributed by atoms with van der Waals surface area (Å²) >= 11 is 0. The van der Waals surface area contributed by atoms with Crippen molar-refractivity contribution in [1.29, 1.82) is 0 Å². The van der Waals surface area contributed by atoms with Crippen molar-refractivity contribution < 1.29 is 0 Å². The topological polar surface area (TPSA) is 12.0 Å². The van der Waals surface area contributed by atoms with Crippen LogP contribution in [0.5, 0.6) is 0 Å². The number of piperidine rings is 1. The summed E-state index contributed by atoms with van der Waals surface area (Å²) in [6.45, 7) is 4.69. The van der Waals surface area contributed by atoms with E-state index < -0.39 is 0 Å². The first-order chi connectivity index (χ1) is 8.38. The van der Waals surface area contributed by atoms with Crippen molar-refractivity contribution in [3.63, 3.8) is 0 Å². The molecule has 1 saturated heterocycles. The molecular weight excluding hydrogens is 206 g/mol. The molecule has 1 nitrogen and oxygen atoms in total. The Morgan fingerprint density at radius 2 is 1.59 bits per heavy atom. The predicted octanol–water partition coefficient (Wildman–Crippen LogP) is 3.57. The van der Waals surface area contributed by atoms with Crippen LogP contribution < -0.4 is 5.32 Å². The number of nitrogens with one attached hydrogen (secondary N) is 1. The molecule has 0 amide bonds. The fourth-order valence-electron chi connectivity index (χ4n) is 2.70. The zero-order chi connectivity index (χ0) is 11.9. The van der Waals surface area contributed by atoms with Gasteiger partial charge < -0.3 is 5.32 Å². The van der Waals surface area contributed by atoms with Gasteiger partial charge in [-0.05, 0) is 62.2 Å². The molecule has 17 heavy (non-hydrogen) atoms. The number of aryl methyl sites for hydroxylation is 2. The first kappa shape index (κ1) is 12.6. The van der Waals surface area contributed by atoms with Gasteiger partial charge in [-0.1, -0.05) is 37.6 Å². The average molecular weight is 231 g/mol. The molecule has 1 fully saturated rings. The summed E-state index contributed by atoms with van der Waals surface area (Å²) in [5.41, 5.74) is 3.00. The summed E-state index contributed by atoms with van der Waals surface area (Å²) in [6, 6.07) is 9.26. The van der Waals surface area contributed by atoms with Gasteiger partial charge in [0.1, 0.15) is 0 Å². The quantitative estimate of drug-likeness (QED) is 0.817. The van der Waals surface area contributed by atoms with Gasteiger partial charge in [0.05, 0.1) is 0 Å². The van der Waals surface area contributed by atoms with Gasteiger partial charge in [0.15, 0.2) is 0 Å². The smallest absolute Gasteiger partial charge is 0.00463 e. The molecule has 0 unspecified atom stereocenters. The van der Waals surface area contributed by atoms with E-state index in [-0.39, 0.29) is 0 Å². The van der Waals surface area contributed by atoms with E-state index in [9.17, 15) is 0 Å². The molecule has 1 aliphatic rings. The van der Waals surface area contributed by atoms with Gasteiger partial charge in [0, 0.05) is 0 Å². The second-order valence-corrected chi connectivity index (χ2v) is 5.30. The van der Waals surface area contributed by atoms with Crippen LogP contribution in [0.25, 0.3) is 0 Å². The number of benzene rings is 1. The van der Waals surface area contributed by atoms with Crippen molar-refractivity contribution in [3.8, 4) is 0 Å². The average Bonchev–Trinajstić information content (AvgIpc) is 2.40. The van der Waals surface area contributed by atoms with Crippen molar-refractivity contribution in [2.24, 2.45) is 5.92 Å². The van der Waals surface area contributed by atoms with Crippen LogP contribution in [-0.2, 0) is 12.8 Å². The predicted molar refractivity (Wildman–Crippen MR) is 74.4 cm³/mol. The second-order valence-electron chi connectivity index (χ2n) is 5.30. The van der Waals surface area contributed by atoms with Gasteiger partial charge in [-0.25, -0.2) is 0 Å². The van der Waals surface area contributed by atoms with Crippen molar-refractivity contribution in [2.75, 3.05) is 13.1 Å². The minimum atomic E-state index is 0.951. The van der Waals surface area contributed by atoms with Gasteiger partial charge in [-0.3, -0.25) is 0 Å². The third-order valence-electron chi connectivity index (χ3n) is 3.86. The second kappa shape index (κ2) is 6.80. The van der Waals surface area contributed by atoms with Crippen LogP contribution in [0.15, 0.2) is 24.3 Å². The van der Waals surface area contributed by atoms with E-state index in [1.54, 1.807) is 0 Å². The lowest BCUT2D eigenvalue weighted by molar-refractivity contribution is 0.354. The van der Waals surface area contributed by atoms with Crippen LogP contribution in [0.3, 0.4) is 0 Å². The maximum atomic E-state index is 3.43. The SMILES string of the molecule is CCCc1ccc(CCC2CCNCC2)cc1. The van der Waals surface area contributed by atoms with Gasteiger partial charge in [-0.15, -0.1) is 0 Å². The van der Waals surface area contributed by atoms with Crippen LogP contribution in [0.4, 0.5) is 0 Å². The third kappa shape index (κ3) is 4.16. The molecule has 1 aromatic carbocycles. The maximum Gasteiger partial charge on any atom is -0.00463 e. The maximum absolute atomic E-state index is 3.43. The molecule has 1 heteroatoms. The molecule has 2 rings (SSSR count). The Bertz CT molecular complexity index is 309. The molecule has 94 valence electrons. The lowest BCUT2D eigenvalue weighted by Crippen LogP contribution is -2.27. The molecule has 0 aliphatic carbocycles. The number of hydrogen-bond acceptors (Lipinski definition) is 1. The number of rotatable bonds is 5. The summed E-state index contributed by atoms with van der Waals surface area (Å²) in [5.74, 6) is 0.951. The Morgan fingerprint density at radius 1 is 1.00 bits per heavy atom. The van der Waals surface area contributed by atoms with Crippen LogP contribution in [0.1, 0.15) is 43.7 Å². The van der Waals surface area contributed by atoms with E-state index in [0.717, 1.165) is 5.92 Å². The summed E-state index contributed by atoms with van der Waals surface area (Å²) < 4.78 is 0. The van der Waals surface area contributed by atoms with Gasteiger partial charge in [0.2, 0.25) is 0 Å². The van der Waals surface area contributed by atoms with E-state index in [1.807, 2.05) is 0 Å². The summed E-state index contributed by atoms with van der Waals surface area (Å²) in [4.78, 5) is 0. The van der Waals surface area contributed by atoms with Crippen LogP contribution in [-0.4, -0.2) is 13.1 Å². The highest BCUT2D eigenvalue weighted by Crippen LogP contribution is 2.19. The first-order valence-corrected chi connectivity index (χ1v) is 7.17. The Hall–Kier alpha value is -0.820. The minimum Gasteiger partial charge on any atom is -0.317 e. The summed E-state index contributed by atoms with van der Waals surface area (Å²) in [6.07, 6.45) is 7.83. The van der Waals surface area contributed by atoms with E-state index in [2.05, 4.69) is 36.5 Å². The Kier molecular flexibility index (Phi) is 5.06. The molecule has 0 bridgehead atoms. The molecule has 0 spiro atoms. The summed E-state index contributed by atoms with van der Waals surface area (Å²) in [7, 11) is 0. The normalized spacial score (nSPS) is 17.2. The van der Waals surface area contributed by atoms with Gasteiger partial charge in [0.25, 0.3) is 0 Å². The lowest BCUT2D eigenvalue weighted by Gasteiger charge is -2.22. The molecule has 0 saturated carbocycles. The van der Waals surface area contributed by atoms with E-state index in [1.165, 1.54) is 62.7 Å². The highest BCUT2D eigenvalue weighted by atomic mass is 14.9.